The van der Waals surface area contributed by atoms with Crippen molar-refractivity contribution in [1.82, 2.24) is 0 Å². The van der Waals surface area contributed by atoms with Gasteiger partial charge in [-0.2, -0.15) is 0 Å². The zero-order valence-corrected chi connectivity index (χ0v) is 44.2. The van der Waals surface area contributed by atoms with E-state index in [0.29, 0.717) is 18.6 Å². The Morgan fingerprint density at radius 1 is 0.537 bits per heavy atom. The molecule has 2 aliphatic rings. The van der Waals surface area contributed by atoms with Gasteiger partial charge in [0.2, 0.25) is 0 Å². The number of hydrogen-bond acceptors (Lipinski definition) is 7. The number of thiol groups is 1. The molecule has 3 aromatic carbocycles. The molecule has 2 unspecified atom stereocenters. The maximum Gasteiger partial charge on any atom is 0.495 e. The third kappa shape index (κ3) is 25.2. The van der Waals surface area contributed by atoms with Gasteiger partial charge in [0.1, 0.15) is 10.9 Å². The number of ether oxygens (including phenoxy) is 2. The van der Waals surface area contributed by atoms with E-state index in [1.54, 1.807) is 11.8 Å². The monoisotopic (exact) mass is 1040 g/mol. The first kappa shape index (κ1) is 66.0. The van der Waals surface area contributed by atoms with Crippen molar-refractivity contribution in [2.75, 3.05) is 26.4 Å². The summed E-state index contributed by atoms with van der Waals surface area (Å²) >= 11 is 14.6. The molecule has 0 saturated carbocycles. The van der Waals surface area contributed by atoms with Crippen LogP contribution >= 0.6 is 68.0 Å². The first-order valence-electron chi connectivity index (χ1n) is 22.6. The first-order valence-corrected chi connectivity index (χ1v) is 26.4. The molecule has 2 heterocycles. The molecule has 2 atom stereocenters. The Morgan fingerprint density at radius 3 is 1.25 bits per heavy atom. The van der Waals surface area contributed by atoms with Crippen molar-refractivity contribution in [3.63, 3.8) is 0 Å². The molecule has 0 amide bonds. The fraction of sp³-hybridized carbons (Fsp3) is 0.486. The van der Waals surface area contributed by atoms with E-state index < -0.39 is 63.9 Å². The molecule has 3 aromatic rings. The molecule has 2 fully saturated rings. The van der Waals surface area contributed by atoms with E-state index in [1.807, 2.05) is 42.1 Å². The highest BCUT2D eigenvalue weighted by atomic mass is 79.9. The third-order valence-corrected chi connectivity index (χ3v) is 15.4. The lowest BCUT2D eigenvalue weighted by Crippen LogP contribution is -2.83. The maximum absolute atomic E-state index is 5.93. The van der Waals surface area contributed by atoms with E-state index in [1.165, 1.54) is 46.4 Å². The van der Waals surface area contributed by atoms with Crippen LogP contribution in [0, 0.1) is 0 Å². The zero-order chi connectivity index (χ0) is 49.2. The van der Waals surface area contributed by atoms with Crippen molar-refractivity contribution in [3.8, 4) is 0 Å². The Labute approximate surface area is 458 Å². The van der Waals surface area contributed by atoms with Gasteiger partial charge in [0.15, 0.2) is 0 Å². The van der Waals surface area contributed by atoms with Gasteiger partial charge in [0, 0.05) is 207 Å². The van der Waals surface area contributed by atoms with E-state index in [-0.39, 0.29) is 20.0 Å². The summed E-state index contributed by atoms with van der Waals surface area (Å²) in [5.41, 5.74) is 1.74. The zero-order valence-electron chi connectivity index (χ0n) is 38.5. The van der Waals surface area contributed by atoms with Gasteiger partial charge < -0.3 is 18.8 Å². The van der Waals surface area contributed by atoms with Gasteiger partial charge in [-0.1, -0.05) is 87.3 Å². The molecule has 4 nitrogen and oxygen atoms in total. The second-order valence-corrected chi connectivity index (χ2v) is 20.7. The maximum atomic E-state index is 5.93. The molecule has 5 rings (SSSR count). The van der Waals surface area contributed by atoms with Gasteiger partial charge in [-0.05, 0) is 119 Å². The topological polar surface area (TPSA) is 36.9 Å². The third-order valence-electron chi connectivity index (χ3n) is 10.6. The summed E-state index contributed by atoms with van der Waals surface area (Å²) in [5.74, 6) is 0. The standard InChI is InChI=1S/C17H27BO3S.C11H13BrOS.C6H5BrS.CH4.B22/c1-3-12-20-18(21-13-4-2)15-9-5-6-10-16(15)22-17-11-7-8-14-19-17;12-9-5-1-2-6-10(9)14-11-7-3-4-8-13-11;7-5-3-1-2-4-6(5)8;;1-13(2)19(14(3)4)22(20(15(5)6)16(7)8)21(17(9)10)18(11)12/h5-6,9-10,17H,3-4,7-8,11-14H2,1-2H3;1-2,5-6,11H,3-4,7-8H2;1-4,8H;1H4;. The molecule has 0 aromatic heterocycles. The molecular formula is C35H49B23Br2O4S3. The van der Waals surface area contributed by atoms with Crippen LogP contribution < -0.4 is 5.46 Å². The second kappa shape index (κ2) is 37.7. The molecule has 24 radical (unpaired) electrons. The minimum absolute atomic E-state index is 0. The number of rotatable bonds is 20. The molecule has 2 aliphatic heterocycles. The second-order valence-electron chi connectivity index (χ2n) is 16.1. The summed E-state index contributed by atoms with van der Waals surface area (Å²) in [6, 6.07) is 24.5. The lowest BCUT2D eigenvalue weighted by atomic mass is 8.36. The average molecular weight is 1040 g/mol. The molecule has 2 saturated heterocycles. The summed E-state index contributed by atoms with van der Waals surface area (Å²) in [4.78, 5) is 3.47. The van der Waals surface area contributed by atoms with Crippen LogP contribution in [0.1, 0.15) is 72.6 Å². The first-order chi connectivity index (χ1) is 31.4. The Balaban J connectivity index is 0.000000468. The van der Waals surface area contributed by atoms with Crippen molar-refractivity contribution >= 4 is 237 Å². The van der Waals surface area contributed by atoms with E-state index >= 15 is 0 Å². The predicted octanol–water partition coefficient (Wildman–Crippen LogP) is 2.92. The Kier molecular flexibility index (Phi) is 37.1. The van der Waals surface area contributed by atoms with E-state index in [9.17, 15) is 0 Å². The van der Waals surface area contributed by atoms with Crippen molar-refractivity contribution in [3.05, 3.63) is 81.7 Å². The number of thioether (sulfide) groups is 2. The van der Waals surface area contributed by atoms with Gasteiger partial charge in [-0.3, -0.25) is 0 Å². The van der Waals surface area contributed by atoms with Crippen LogP contribution in [0.25, 0.3) is 0 Å². The Bertz CT molecular complexity index is 1630. The number of benzene rings is 3. The molecule has 0 spiro atoms. The smallest absolute Gasteiger partial charge is 0.407 e. The van der Waals surface area contributed by atoms with Crippen molar-refractivity contribution in [1.29, 1.82) is 0 Å². The SMILES string of the molecule is Brc1ccccc1SC1CCCCO1.C.CCCOB(OCCC)c1ccccc1SC1CCCCO1.Sc1ccccc1Br.[B]B([B])B(B([B])[B])B(B(B([B])[B])B([B])[B])B(B([B])[B])B([B])[B]. The van der Waals surface area contributed by atoms with E-state index in [0.717, 1.165) is 47.3 Å². The van der Waals surface area contributed by atoms with Crippen LogP contribution in [0.2, 0.25) is 0 Å². The highest BCUT2D eigenvalue weighted by molar-refractivity contribution is 9.10. The van der Waals surface area contributed by atoms with Crippen LogP contribution in [0.15, 0.2) is 96.4 Å². The largest absolute Gasteiger partial charge is 0.495 e. The van der Waals surface area contributed by atoms with Crippen LogP contribution in [-0.4, -0.2) is 201 Å². The molecule has 314 valence electrons. The fourth-order valence-corrected chi connectivity index (χ4v) is 10.7. The van der Waals surface area contributed by atoms with Crippen LogP contribution in [0.4, 0.5) is 0 Å². The van der Waals surface area contributed by atoms with Crippen molar-refractivity contribution in [2.24, 2.45) is 0 Å². The van der Waals surface area contributed by atoms with Gasteiger partial charge in [-0.15, -0.1) is 12.6 Å². The van der Waals surface area contributed by atoms with Crippen molar-refractivity contribution < 1.29 is 18.8 Å². The Morgan fingerprint density at radius 2 is 0.910 bits per heavy atom. The quantitative estimate of drug-likeness (QED) is 0.139. The number of halogens is 2. The number of hydrogen-bond donors (Lipinski definition) is 1. The van der Waals surface area contributed by atoms with Crippen LogP contribution in [0.5, 0.6) is 0 Å². The molecular weight excluding hydrogens is 989 g/mol. The molecule has 0 N–H and O–H groups in total. The lowest BCUT2D eigenvalue weighted by molar-refractivity contribution is 0.0727. The van der Waals surface area contributed by atoms with Gasteiger partial charge in [0.05, 0.1) is 0 Å². The van der Waals surface area contributed by atoms with Crippen LogP contribution in [0.3, 0.4) is 0 Å². The summed E-state index contributed by atoms with van der Waals surface area (Å²) in [7, 11) is 69.4. The van der Waals surface area contributed by atoms with Gasteiger partial charge in [0.25, 0.3) is 0 Å². The van der Waals surface area contributed by atoms with Gasteiger partial charge in [-0.25, -0.2) is 0 Å². The summed E-state index contributed by atoms with van der Waals surface area (Å²) < 4.78 is 25.6. The van der Waals surface area contributed by atoms with Crippen molar-refractivity contribution in [2.45, 2.75) is 98.2 Å². The lowest BCUT2D eigenvalue weighted by Gasteiger charge is -2.45. The van der Waals surface area contributed by atoms with E-state index in [2.05, 4.69) is 101 Å². The van der Waals surface area contributed by atoms with Crippen LogP contribution in [-0.2, 0) is 18.8 Å². The van der Waals surface area contributed by atoms with E-state index in [4.69, 9.17) is 112 Å². The van der Waals surface area contributed by atoms with Gasteiger partial charge >= 0.3 is 7.12 Å². The summed E-state index contributed by atoms with van der Waals surface area (Å²) in [5, 5.41) is 0. The normalized spacial score (nSPS) is 14.8. The predicted molar refractivity (Wildman–Crippen MR) is 332 cm³/mol. The fourth-order valence-electron chi connectivity index (χ4n) is 7.42. The highest BCUT2D eigenvalue weighted by Crippen LogP contribution is 2.34. The molecule has 0 aliphatic carbocycles. The highest BCUT2D eigenvalue weighted by Gasteiger charge is 2.46. The minimum Gasteiger partial charge on any atom is -0.407 e. The minimum atomic E-state index is -0.926. The molecule has 67 heavy (non-hydrogen) atoms. The summed E-state index contributed by atoms with van der Waals surface area (Å²) in [6.45, 7) is 7.46. The summed E-state index contributed by atoms with van der Waals surface area (Å²) in [6.07, 6.45) is 0.883. The Hall–Kier alpha value is 1.00. The molecule has 32 heteroatoms. The molecule has 0 bridgehead atoms. The average Bonchev–Trinajstić information content (AvgIpc) is 3.27.